The molecule has 0 saturated carbocycles. The molecule has 0 bridgehead atoms. The molecular weight excluding hydrogens is 496 g/mol. The van der Waals surface area contributed by atoms with Crippen LogP contribution in [0.25, 0.3) is 5.69 Å². The number of hydrogen-bond acceptors (Lipinski definition) is 5. The second-order valence-electron chi connectivity index (χ2n) is 9.16. The third kappa shape index (κ3) is 4.61. The molecule has 4 aromatic rings. The van der Waals surface area contributed by atoms with Gasteiger partial charge in [0, 0.05) is 42.0 Å². The van der Waals surface area contributed by atoms with E-state index < -0.39 is 0 Å². The Labute approximate surface area is 227 Å². The molecule has 9 heteroatoms. The number of carbonyl (C=O) groups is 1. The summed E-state index contributed by atoms with van der Waals surface area (Å²) in [5, 5.41) is 7.01. The lowest BCUT2D eigenvalue weighted by Crippen LogP contribution is -2.29. The van der Waals surface area contributed by atoms with Crippen LogP contribution in [-0.4, -0.2) is 32.7 Å². The van der Waals surface area contributed by atoms with Crippen LogP contribution in [0.3, 0.4) is 0 Å². The van der Waals surface area contributed by atoms with Gasteiger partial charge in [0.05, 0.1) is 42.5 Å². The average molecular weight is 527 g/mol. The van der Waals surface area contributed by atoms with Crippen molar-refractivity contribution in [2.75, 3.05) is 17.3 Å². The van der Waals surface area contributed by atoms with Crippen molar-refractivity contribution in [3.05, 3.63) is 95.8 Å². The molecule has 2 N–H and O–H groups in total. The van der Waals surface area contributed by atoms with Gasteiger partial charge in [-0.05, 0) is 74.1 Å². The molecule has 1 amide bonds. The van der Waals surface area contributed by atoms with Gasteiger partial charge in [-0.3, -0.25) is 14.8 Å². The van der Waals surface area contributed by atoms with Gasteiger partial charge in [-0.15, -0.1) is 0 Å². The van der Waals surface area contributed by atoms with Gasteiger partial charge in [0.25, 0.3) is 0 Å². The second-order valence-corrected chi connectivity index (χ2v) is 9.54. The van der Waals surface area contributed by atoms with Crippen LogP contribution in [0.5, 0.6) is 5.75 Å². The first-order valence-electron chi connectivity index (χ1n) is 12.5. The average Bonchev–Trinajstić information content (AvgIpc) is 3.44. The topological polar surface area (TPSA) is 84.3 Å². The van der Waals surface area contributed by atoms with Gasteiger partial charge in [0.15, 0.2) is 5.11 Å². The Morgan fingerprint density at radius 2 is 1.95 bits per heavy atom. The number of ether oxygens (including phenoxy) is 1. The quantitative estimate of drug-likeness (QED) is 0.311. The van der Waals surface area contributed by atoms with Crippen molar-refractivity contribution in [3.8, 4) is 11.4 Å². The molecule has 1 saturated heterocycles. The lowest BCUT2D eigenvalue weighted by molar-refractivity contribution is -0.115. The number of aryl methyl sites for hydroxylation is 1. The van der Waals surface area contributed by atoms with Crippen LogP contribution in [0.1, 0.15) is 48.1 Å². The Morgan fingerprint density at radius 3 is 2.63 bits per heavy atom. The molecule has 5 rings (SSSR count). The summed E-state index contributed by atoms with van der Waals surface area (Å²) in [7, 11) is 1.59. The van der Waals surface area contributed by atoms with Crippen molar-refractivity contribution in [3.63, 3.8) is 0 Å². The molecule has 3 aromatic heterocycles. The van der Waals surface area contributed by atoms with Gasteiger partial charge >= 0.3 is 0 Å². The van der Waals surface area contributed by atoms with E-state index in [4.69, 9.17) is 17.0 Å². The van der Waals surface area contributed by atoms with Gasteiger partial charge in [-0.2, -0.15) is 0 Å². The number of nitrogens with one attached hydrogen (secondary N) is 2. The number of methoxy groups -OCH3 is 1. The Morgan fingerprint density at radius 1 is 1.11 bits per heavy atom. The highest BCUT2D eigenvalue weighted by atomic mass is 32.1. The molecule has 1 fully saturated rings. The van der Waals surface area contributed by atoms with E-state index in [0.29, 0.717) is 23.0 Å². The number of nitrogens with zero attached hydrogens (tertiary/aromatic N) is 4. The normalized spacial score (nSPS) is 16.8. The molecule has 1 aliphatic rings. The minimum Gasteiger partial charge on any atom is -0.494 e. The summed E-state index contributed by atoms with van der Waals surface area (Å²) in [4.78, 5) is 23.1. The van der Waals surface area contributed by atoms with E-state index in [2.05, 4.69) is 56.0 Å². The molecule has 0 spiro atoms. The molecule has 2 atom stereocenters. The lowest BCUT2D eigenvalue weighted by Gasteiger charge is -2.29. The predicted octanol–water partition coefficient (Wildman–Crippen LogP) is 5.42. The van der Waals surface area contributed by atoms with Crippen LogP contribution >= 0.6 is 12.2 Å². The molecule has 4 heterocycles. The van der Waals surface area contributed by atoms with E-state index in [9.17, 15) is 4.79 Å². The number of amides is 1. The summed E-state index contributed by atoms with van der Waals surface area (Å²) in [5.41, 5.74) is 6.68. The Bertz CT molecular complexity index is 1470. The van der Waals surface area contributed by atoms with Gasteiger partial charge in [0.1, 0.15) is 5.75 Å². The standard InChI is InChI=1S/C29H30N6O2S/c1-5-26(36)32-23-12-11-20(16-25(23)37-4)35-28(27(33-29(35)38)24-10-6-7-14-31-24)22-15-18(2)34(19(22)3)21-9-8-13-30-17-21/h6-17,27-28H,5H2,1-4H3,(H,32,36)(H,33,38)/t27-,28-/m0/s1. The van der Waals surface area contributed by atoms with Gasteiger partial charge in [-0.25, -0.2) is 0 Å². The largest absolute Gasteiger partial charge is 0.494 e. The summed E-state index contributed by atoms with van der Waals surface area (Å²) in [6.07, 6.45) is 5.82. The highest BCUT2D eigenvalue weighted by Gasteiger charge is 2.42. The van der Waals surface area contributed by atoms with Crippen LogP contribution in [-0.2, 0) is 4.79 Å². The van der Waals surface area contributed by atoms with Gasteiger partial charge < -0.3 is 24.8 Å². The molecule has 0 radical (unpaired) electrons. The molecule has 1 aliphatic heterocycles. The van der Waals surface area contributed by atoms with Crippen molar-refractivity contribution < 1.29 is 9.53 Å². The van der Waals surface area contributed by atoms with Crippen molar-refractivity contribution in [2.45, 2.75) is 39.3 Å². The van der Waals surface area contributed by atoms with E-state index in [1.54, 1.807) is 19.5 Å². The third-order valence-corrected chi connectivity index (χ3v) is 7.16. The summed E-state index contributed by atoms with van der Waals surface area (Å²) in [6.45, 7) is 6.03. The molecule has 38 heavy (non-hydrogen) atoms. The SMILES string of the molecule is CCC(=O)Nc1ccc(N2C(=S)N[C@@H](c3ccccn3)[C@@H]2c2cc(C)n(-c3cccnc3)c2C)cc1OC. The molecule has 1 aromatic carbocycles. The van der Waals surface area contributed by atoms with E-state index in [1.807, 2.05) is 55.6 Å². The minimum absolute atomic E-state index is 0.0784. The minimum atomic E-state index is -0.185. The number of thiocarbonyl (C=S) groups is 1. The Balaban J connectivity index is 1.64. The first-order chi connectivity index (χ1) is 18.4. The van der Waals surface area contributed by atoms with E-state index >= 15 is 0 Å². The fraction of sp³-hybridized carbons (Fsp3) is 0.241. The number of pyridine rings is 2. The summed E-state index contributed by atoms with van der Waals surface area (Å²) >= 11 is 5.91. The fourth-order valence-electron chi connectivity index (χ4n) is 5.09. The van der Waals surface area contributed by atoms with Crippen molar-refractivity contribution in [1.82, 2.24) is 19.9 Å². The zero-order valence-corrected chi connectivity index (χ0v) is 22.6. The molecule has 0 aliphatic carbocycles. The lowest BCUT2D eigenvalue weighted by atomic mass is 9.96. The highest BCUT2D eigenvalue weighted by Crippen LogP contribution is 2.45. The number of hydrogen-bond donors (Lipinski definition) is 2. The fourth-order valence-corrected chi connectivity index (χ4v) is 5.44. The molecule has 8 nitrogen and oxygen atoms in total. The second kappa shape index (κ2) is 10.6. The first-order valence-corrected chi connectivity index (χ1v) is 12.9. The summed E-state index contributed by atoms with van der Waals surface area (Å²) in [6, 6.07) is 17.5. The van der Waals surface area contributed by atoms with E-state index in [1.165, 1.54) is 0 Å². The van der Waals surface area contributed by atoms with Gasteiger partial charge in [0.2, 0.25) is 5.91 Å². The maximum absolute atomic E-state index is 12.0. The smallest absolute Gasteiger partial charge is 0.224 e. The van der Waals surface area contributed by atoms with Crippen molar-refractivity contribution in [2.24, 2.45) is 0 Å². The van der Waals surface area contributed by atoms with Crippen LogP contribution in [0, 0.1) is 13.8 Å². The van der Waals surface area contributed by atoms with Crippen LogP contribution < -0.4 is 20.3 Å². The Hall–Kier alpha value is -4.24. The number of aromatic nitrogens is 3. The van der Waals surface area contributed by atoms with Crippen molar-refractivity contribution >= 4 is 34.6 Å². The zero-order chi connectivity index (χ0) is 26.8. The molecule has 194 valence electrons. The monoisotopic (exact) mass is 526 g/mol. The molecular formula is C29H30N6O2S. The number of rotatable bonds is 7. The summed E-state index contributed by atoms with van der Waals surface area (Å²) in [5.74, 6) is 0.485. The van der Waals surface area contributed by atoms with Crippen LogP contribution in [0.4, 0.5) is 11.4 Å². The maximum atomic E-state index is 12.0. The zero-order valence-electron chi connectivity index (χ0n) is 21.8. The van der Waals surface area contributed by atoms with E-state index in [0.717, 1.165) is 34.0 Å². The number of carbonyl (C=O) groups excluding carboxylic acids is 1. The van der Waals surface area contributed by atoms with Gasteiger partial charge in [-0.1, -0.05) is 13.0 Å². The number of benzene rings is 1. The van der Waals surface area contributed by atoms with E-state index in [-0.39, 0.29) is 18.0 Å². The summed E-state index contributed by atoms with van der Waals surface area (Å²) < 4.78 is 7.86. The Kier molecular flexibility index (Phi) is 7.11. The van der Waals surface area contributed by atoms with Crippen molar-refractivity contribution in [1.29, 1.82) is 0 Å². The first kappa shape index (κ1) is 25.4. The van der Waals surface area contributed by atoms with Crippen LogP contribution in [0.15, 0.2) is 73.2 Å². The predicted molar refractivity (Wildman–Crippen MR) is 153 cm³/mol. The molecule has 0 unspecified atom stereocenters. The highest BCUT2D eigenvalue weighted by molar-refractivity contribution is 7.80. The maximum Gasteiger partial charge on any atom is 0.224 e. The third-order valence-electron chi connectivity index (χ3n) is 6.85. The van der Waals surface area contributed by atoms with Crippen LogP contribution in [0.2, 0.25) is 0 Å². The number of anilines is 2.